The van der Waals surface area contributed by atoms with Gasteiger partial charge in [-0.1, -0.05) is 12.1 Å². The van der Waals surface area contributed by atoms with E-state index in [4.69, 9.17) is 5.11 Å². The summed E-state index contributed by atoms with van der Waals surface area (Å²) in [5.41, 5.74) is -0.0419. The molecule has 0 fully saturated rings. The number of hydrogen-bond acceptors (Lipinski definition) is 3. The Balaban J connectivity index is 2.72. The molecule has 8 heteroatoms. The van der Waals surface area contributed by atoms with Gasteiger partial charge in [-0.3, -0.25) is 4.79 Å². The second kappa shape index (κ2) is 6.38. The molecule has 0 unspecified atom stereocenters. The zero-order chi connectivity index (χ0) is 15.3. The smallest absolute Gasteiger partial charge is 0.411 e. The number of anilines is 1. The molecule has 0 saturated carbocycles. The van der Waals surface area contributed by atoms with Crippen LogP contribution in [0.3, 0.4) is 0 Å². The predicted molar refractivity (Wildman–Crippen MR) is 63.7 cm³/mol. The Morgan fingerprint density at radius 1 is 1.30 bits per heavy atom. The summed E-state index contributed by atoms with van der Waals surface area (Å²) in [7, 11) is 1.26. The van der Waals surface area contributed by atoms with E-state index in [9.17, 15) is 22.8 Å². The molecule has 20 heavy (non-hydrogen) atoms. The zero-order valence-corrected chi connectivity index (χ0v) is 10.5. The molecule has 0 spiro atoms. The lowest BCUT2D eigenvalue weighted by Crippen LogP contribution is -2.32. The zero-order valence-electron chi connectivity index (χ0n) is 10.5. The summed E-state index contributed by atoms with van der Waals surface area (Å²) in [5, 5.41) is 8.96. The highest BCUT2D eigenvalue weighted by Crippen LogP contribution is 2.19. The molecule has 0 aliphatic carbocycles. The lowest BCUT2D eigenvalue weighted by Gasteiger charge is -2.19. The van der Waals surface area contributed by atoms with Crippen molar-refractivity contribution in [3.63, 3.8) is 0 Å². The van der Waals surface area contributed by atoms with E-state index in [0.717, 1.165) is 4.90 Å². The summed E-state index contributed by atoms with van der Waals surface area (Å²) < 4.78 is 39.9. The van der Waals surface area contributed by atoms with E-state index in [1.165, 1.54) is 31.3 Å². The third-order valence-corrected chi connectivity index (χ3v) is 2.36. The molecule has 0 radical (unpaired) electrons. The maximum atomic E-state index is 11.9. The van der Waals surface area contributed by atoms with Crippen molar-refractivity contribution < 1.29 is 32.6 Å². The summed E-state index contributed by atoms with van der Waals surface area (Å²) in [6.07, 6.45) is -4.52. The van der Waals surface area contributed by atoms with Crippen LogP contribution < -0.4 is 4.90 Å². The standard InChI is InChI=1S/C12H12F3NO4/c1-16(10(17)6-20-7-12(13,14)15)9-5-3-2-4-8(9)11(18)19/h2-5H,6-7H2,1H3,(H,18,19). The van der Waals surface area contributed by atoms with Gasteiger partial charge in [-0.25, -0.2) is 4.79 Å². The molecule has 5 nitrogen and oxygen atoms in total. The van der Waals surface area contributed by atoms with Crippen LogP contribution in [0.5, 0.6) is 0 Å². The van der Waals surface area contributed by atoms with Crippen LogP contribution in [0.1, 0.15) is 10.4 Å². The number of benzene rings is 1. The Bertz CT molecular complexity index is 502. The van der Waals surface area contributed by atoms with Crippen LogP contribution in [0, 0.1) is 0 Å². The first-order valence-electron chi connectivity index (χ1n) is 5.46. The van der Waals surface area contributed by atoms with Crippen molar-refractivity contribution in [2.75, 3.05) is 25.2 Å². The van der Waals surface area contributed by atoms with Crippen LogP contribution in [-0.2, 0) is 9.53 Å². The highest BCUT2D eigenvalue weighted by molar-refractivity contribution is 6.01. The van der Waals surface area contributed by atoms with E-state index < -0.39 is 31.3 Å². The van der Waals surface area contributed by atoms with Crippen molar-refractivity contribution in [1.29, 1.82) is 0 Å². The lowest BCUT2D eigenvalue weighted by molar-refractivity contribution is -0.175. The molecule has 0 aliphatic heterocycles. The van der Waals surface area contributed by atoms with E-state index in [1.54, 1.807) is 0 Å². The Morgan fingerprint density at radius 3 is 2.45 bits per heavy atom. The number of likely N-dealkylation sites (N-methyl/N-ethyl adjacent to an activating group) is 1. The fraction of sp³-hybridized carbons (Fsp3) is 0.333. The number of aromatic carboxylic acids is 1. The number of amides is 1. The van der Waals surface area contributed by atoms with Gasteiger partial charge in [-0.2, -0.15) is 13.2 Å². The number of rotatable bonds is 5. The van der Waals surface area contributed by atoms with Crippen molar-refractivity contribution in [3.05, 3.63) is 29.8 Å². The molecule has 0 bridgehead atoms. The number of alkyl halides is 3. The normalized spacial score (nSPS) is 11.2. The van der Waals surface area contributed by atoms with E-state index in [2.05, 4.69) is 4.74 Å². The number of carboxylic acid groups (broad SMARTS) is 1. The molecule has 1 N–H and O–H groups in total. The molecule has 0 aromatic heterocycles. The van der Waals surface area contributed by atoms with Crippen LogP contribution in [0.15, 0.2) is 24.3 Å². The monoisotopic (exact) mass is 291 g/mol. The quantitative estimate of drug-likeness (QED) is 0.900. The highest BCUT2D eigenvalue weighted by Gasteiger charge is 2.28. The van der Waals surface area contributed by atoms with Crippen LogP contribution in [0.2, 0.25) is 0 Å². The first-order chi connectivity index (χ1) is 9.22. The number of hydrogen-bond donors (Lipinski definition) is 1. The van der Waals surface area contributed by atoms with Crippen molar-refractivity contribution in [3.8, 4) is 0 Å². The molecule has 1 amide bonds. The molecular weight excluding hydrogens is 279 g/mol. The third-order valence-electron chi connectivity index (χ3n) is 2.36. The second-order valence-corrected chi connectivity index (χ2v) is 3.88. The topological polar surface area (TPSA) is 66.8 Å². The van der Waals surface area contributed by atoms with E-state index >= 15 is 0 Å². The minimum absolute atomic E-state index is 0.0839. The van der Waals surface area contributed by atoms with E-state index in [1.807, 2.05) is 0 Å². The average molecular weight is 291 g/mol. The SMILES string of the molecule is CN(C(=O)COCC(F)(F)F)c1ccccc1C(=O)O. The molecule has 1 rings (SSSR count). The fourth-order valence-electron chi connectivity index (χ4n) is 1.43. The van der Waals surface area contributed by atoms with Gasteiger partial charge in [-0.15, -0.1) is 0 Å². The minimum Gasteiger partial charge on any atom is -0.478 e. The van der Waals surface area contributed by atoms with Gasteiger partial charge in [0, 0.05) is 7.05 Å². The summed E-state index contributed by atoms with van der Waals surface area (Å²) in [6.45, 7) is -2.32. The van der Waals surface area contributed by atoms with Gasteiger partial charge < -0.3 is 14.7 Å². The molecule has 110 valence electrons. The van der Waals surface area contributed by atoms with Crippen LogP contribution >= 0.6 is 0 Å². The number of nitrogens with zero attached hydrogens (tertiary/aromatic N) is 1. The molecule has 1 aromatic rings. The van der Waals surface area contributed by atoms with Gasteiger partial charge in [0.2, 0.25) is 0 Å². The number of halogens is 3. The summed E-state index contributed by atoms with van der Waals surface area (Å²) in [4.78, 5) is 23.6. The van der Waals surface area contributed by atoms with E-state index in [0.29, 0.717) is 0 Å². The van der Waals surface area contributed by atoms with Gasteiger partial charge in [0.25, 0.3) is 5.91 Å². The summed E-state index contributed by atoms with van der Waals surface area (Å²) in [6, 6.07) is 5.66. The fourth-order valence-corrected chi connectivity index (χ4v) is 1.43. The summed E-state index contributed by atoms with van der Waals surface area (Å²) in [5.74, 6) is -2.01. The molecule has 1 aromatic carbocycles. The molecule has 0 aliphatic rings. The number of carbonyl (C=O) groups excluding carboxylic acids is 1. The number of ether oxygens (including phenoxy) is 1. The Morgan fingerprint density at radius 2 is 1.90 bits per heavy atom. The van der Waals surface area contributed by atoms with Crippen molar-refractivity contribution in [2.45, 2.75) is 6.18 Å². The van der Waals surface area contributed by atoms with Crippen LogP contribution in [0.4, 0.5) is 18.9 Å². The predicted octanol–water partition coefficient (Wildman–Crippen LogP) is 1.93. The van der Waals surface area contributed by atoms with E-state index in [-0.39, 0.29) is 11.3 Å². The lowest BCUT2D eigenvalue weighted by atomic mass is 10.1. The van der Waals surface area contributed by atoms with Crippen LogP contribution in [0.25, 0.3) is 0 Å². The maximum absolute atomic E-state index is 11.9. The van der Waals surface area contributed by atoms with Gasteiger partial charge >= 0.3 is 12.1 Å². The number of carbonyl (C=O) groups is 2. The average Bonchev–Trinajstić information content (AvgIpc) is 2.36. The molecule has 0 saturated heterocycles. The van der Waals surface area contributed by atoms with Gasteiger partial charge in [0.15, 0.2) is 0 Å². The van der Waals surface area contributed by atoms with Gasteiger partial charge in [0.1, 0.15) is 13.2 Å². The van der Waals surface area contributed by atoms with Crippen molar-refractivity contribution >= 4 is 17.6 Å². The van der Waals surface area contributed by atoms with Gasteiger partial charge in [0.05, 0.1) is 11.3 Å². The van der Waals surface area contributed by atoms with Crippen molar-refractivity contribution in [1.82, 2.24) is 0 Å². The van der Waals surface area contributed by atoms with Crippen molar-refractivity contribution in [2.24, 2.45) is 0 Å². The Labute approximate surface area is 112 Å². The number of para-hydroxylation sites is 1. The van der Waals surface area contributed by atoms with Gasteiger partial charge in [-0.05, 0) is 12.1 Å². The maximum Gasteiger partial charge on any atom is 0.411 e. The third kappa shape index (κ3) is 4.54. The highest BCUT2D eigenvalue weighted by atomic mass is 19.4. The summed E-state index contributed by atoms with van der Waals surface area (Å²) >= 11 is 0. The number of carboxylic acids is 1. The minimum atomic E-state index is -4.52. The molecule has 0 heterocycles. The molecular formula is C12H12F3NO4. The van der Waals surface area contributed by atoms with Crippen LogP contribution in [-0.4, -0.2) is 43.4 Å². The Kier molecular flexibility index (Phi) is 5.09. The Hall–Kier alpha value is -2.09. The first kappa shape index (κ1) is 16.0. The second-order valence-electron chi connectivity index (χ2n) is 3.88. The first-order valence-corrected chi connectivity index (χ1v) is 5.46. The largest absolute Gasteiger partial charge is 0.478 e. The molecule has 0 atom stereocenters.